The van der Waals surface area contributed by atoms with Crippen molar-refractivity contribution in [2.45, 2.75) is 0 Å². The van der Waals surface area contributed by atoms with Gasteiger partial charge in [-0.25, -0.2) is 4.90 Å². The molecule has 0 aliphatic carbocycles. The molecule has 0 atom stereocenters. The van der Waals surface area contributed by atoms with Crippen LogP contribution in [0.4, 0.5) is 16.2 Å². The molecule has 1 heterocycles. The first-order valence-electron chi connectivity index (χ1n) is 10.1. The number of ether oxygens (including phenoxy) is 2. The highest BCUT2D eigenvalue weighted by atomic mass is 35.5. The Bertz CT molecular complexity index is 1260. The van der Waals surface area contributed by atoms with Crippen molar-refractivity contribution in [3.63, 3.8) is 0 Å². The van der Waals surface area contributed by atoms with Gasteiger partial charge >= 0.3 is 0 Å². The Morgan fingerprint density at radius 1 is 1.03 bits per heavy atom. The third-order valence-electron chi connectivity index (χ3n) is 4.78. The summed E-state index contributed by atoms with van der Waals surface area (Å²) in [5.41, 5.74) is 1.76. The molecule has 3 aromatic rings. The first kappa shape index (κ1) is 23.4. The maximum Gasteiger partial charge on any atom is 0.298 e. The summed E-state index contributed by atoms with van der Waals surface area (Å²) < 4.78 is 11.0. The Balaban J connectivity index is 1.45. The largest absolute Gasteiger partial charge is 0.493 e. The van der Waals surface area contributed by atoms with E-state index in [1.165, 1.54) is 7.11 Å². The monoisotopic (exact) mass is 494 g/mol. The summed E-state index contributed by atoms with van der Waals surface area (Å²) in [4.78, 5) is 38.8. The number of nitrogens with one attached hydrogen (secondary N) is 1. The summed E-state index contributed by atoms with van der Waals surface area (Å²) in [6, 6.07) is 20.6. The van der Waals surface area contributed by atoms with Crippen molar-refractivity contribution in [2.24, 2.45) is 0 Å². The molecule has 3 aromatic carbocycles. The predicted molar refractivity (Wildman–Crippen MR) is 133 cm³/mol. The zero-order valence-electron chi connectivity index (χ0n) is 18.0. The van der Waals surface area contributed by atoms with Crippen molar-refractivity contribution >= 4 is 57.9 Å². The van der Waals surface area contributed by atoms with E-state index in [1.54, 1.807) is 60.7 Å². The number of methoxy groups -OCH3 is 1. The summed E-state index contributed by atoms with van der Waals surface area (Å²) in [6.45, 7) is -0.204. The topological polar surface area (TPSA) is 84.9 Å². The van der Waals surface area contributed by atoms with Gasteiger partial charge in [0.2, 0.25) is 0 Å². The molecule has 1 N–H and O–H groups in total. The van der Waals surface area contributed by atoms with Gasteiger partial charge in [-0.1, -0.05) is 35.9 Å². The van der Waals surface area contributed by atoms with Crippen LogP contribution in [0.5, 0.6) is 11.5 Å². The Kier molecular flexibility index (Phi) is 7.20. The molecule has 1 fully saturated rings. The SMILES string of the molecule is COc1cc(/C=C2/SC(=O)N(c3ccc(Cl)cc3)C2=O)ccc1OCC(=O)Nc1ccccc1. The average Bonchev–Trinajstić information content (AvgIpc) is 3.12. The number of carbonyl (C=O) groups is 3. The van der Waals surface area contributed by atoms with Gasteiger partial charge in [-0.2, -0.15) is 0 Å². The highest BCUT2D eigenvalue weighted by Gasteiger charge is 2.36. The van der Waals surface area contributed by atoms with Crippen LogP contribution in [0.2, 0.25) is 5.02 Å². The second kappa shape index (κ2) is 10.5. The molecular weight excluding hydrogens is 476 g/mol. The van der Waals surface area contributed by atoms with Crippen LogP contribution >= 0.6 is 23.4 Å². The molecule has 0 bridgehead atoms. The number of anilines is 2. The van der Waals surface area contributed by atoms with Crippen LogP contribution in [-0.4, -0.2) is 30.8 Å². The number of amides is 3. The molecule has 7 nitrogen and oxygen atoms in total. The van der Waals surface area contributed by atoms with Crippen LogP contribution < -0.4 is 19.7 Å². The van der Waals surface area contributed by atoms with Crippen molar-refractivity contribution in [3.05, 3.63) is 88.3 Å². The lowest BCUT2D eigenvalue weighted by atomic mass is 10.2. The van der Waals surface area contributed by atoms with Crippen molar-refractivity contribution in [1.29, 1.82) is 0 Å². The Hall–Kier alpha value is -3.75. The molecule has 0 radical (unpaired) electrons. The van der Waals surface area contributed by atoms with Gasteiger partial charge in [-0.05, 0) is 71.9 Å². The zero-order chi connectivity index (χ0) is 24.1. The quantitative estimate of drug-likeness (QED) is 0.430. The molecule has 9 heteroatoms. The van der Waals surface area contributed by atoms with Gasteiger partial charge in [0.15, 0.2) is 18.1 Å². The highest BCUT2D eigenvalue weighted by Crippen LogP contribution is 2.37. The molecule has 0 unspecified atom stereocenters. The second-order valence-corrected chi connectivity index (χ2v) is 8.54. The van der Waals surface area contributed by atoms with Crippen LogP contribution in [0, 0.1) is 0 Å². The predicted octanol–water partition coefficient (Wildman–Crippen LogP) is 5.61. The third-order valence-corrected chi connectivity index (χ3v) is 5.90. The van der Waals surface area contributed by atoms with E-state index in [4.69, 9.17) is 21.1 Å². The van der Waals surface area contributed by atoms with Crippen LogP contribution in [-0.2, 0) is 9.59 Å². The van der Waals surface area contributed by atoms with Crippen LogP contribution in [0.1, 0.15) is 5.56 Å². The second-order valence-electron chi connectivity index (χ2n) is 7.11. The summed E-state index contributed by atoms with van der Waals surface area (Å²) in [5, 5.41) is 2.86. The molecular formula is C25H19ClN2O5S. The minimum Gasteiger partial charge on any atom is -0.493 e. The molecule has 172 valence electrons. The highest BCUT2D eigenvalue weighted by molar-refractivity contribution is 8.19. The molecule has 0 spiro atoms. The maximum absolute atomic E-state index is 12.8. The Morgan fingerprint density at radius 2 is 1.76 bits per heavy atom. The summed E-state index contributed by atoms with van der Waals surface area (Å²) >= 11 is 6.74. The summed E-state index contributed by atoms with van der Waals surface area (Å²) in [7, 11) is 1.48. The molecule has 1 aliphatic heterocycles. The number of thioether (sulfide) groups is 1. The first-order valence-corrected chi connectivity index (χ1v) is 11.3. The summed E-state index contributed by atoms with van der Waals surface area (Å²) in [5.74, 6) is 0.0257. The van der Waals surface area contributed by atoms with E-state index in [2.05, 4.69) is 5.32 Å². The molecule has 0 aromatic heterocycles. The van der Waals surface area contributed by atoms with Gasteiger partial charge in [0.05, 0.1) is 17.7 Å². The van der Waals surface area contributed by atoms with E-state index < -0.39 is 11.1 Å². The minimum atomic E-state index is -0.422. The number of para-hydroxylation sites is 1. The van der Waals surface area contributed by atoms with E-state index in [1.807, 2.05) is 18.2 Å². The maximum atomic E-state index is 12.8. The van der Waals surface area contributed by atoms with E-state index in [9.17, 15) is 14.4 Å². The number of nitrogens with zero attached hydrogens (tertiary/aromatic N) is 1. The number of rotatable bonds is 7. The van der Waals surface area contributed by atoms with Crippen LogP contribution in [0.15, 0.2) is 77.7 Å². The van der Waals surface area contributed by atoms with E-state index in [0.717, 1.165) is 16.7 Å². The molecule has 34 heavy (non-hydrogen) atoms. The van der Waals surface area contributed by atoms with Gasteiger partial charge < -0.3 is 14.8 Å². The van der Waals surface area contributed by atoms with Crippen molar-refractivity contribution in [1.82, 2.24) is 0 Å². The van der Waals surface area contributed by atoms with Gasteiger partial charge in [-0.3, -0.25) is 14.4 Å². The van der Waals surface area contributed by atoms with Crippen LogP contribution in [0.25, 0.3) is 6.08 Å². The third kappa shape index (κ3) is 5.41. The fraction of sp³-hybridized carbons (Fsp3) is 0.0800. The van der Waals surface area contributed by atoms with E-state index in [0.29, 0.717) is 33.5 Å². The minimum absolute atomic E-state index is 0.204. The molecule has 1 saturated heterocycles. The lowest BCUT2D eigenvalue weighted by molar-refractivity contribution is -0.118. The number of benzene rings is 3. The fourth-order valence-electron chi connectivity index (χ4n) is 3.19. The fourth-order valence-corrected chi connectivity index (χ4v) is 4.15. The summed E-state index contributed by atoms with van der Waals surface area (Å²) in [6.07, 6.45) is 1.61. The molecule has 3 amide bonds. The van der Waals surface area contributed by atoms with Gasteiger partial charge in [-0.15, -0.1) is 0 Å². The Morgan fingerprint density at radius 3 is 2.47 bits per heavy atom. The molecule has 1 aliphatic rings. The molecule has 0 saturated carbocycles. The lowest BCUT2D eigenvalue weighted by Crippen LogP contribution is -2.27. The standard InChI is InChI=1S/C25H19ClN2O5S/c1-32-21-13-16(7-12-20(21)33-15-23(29)27-18-5-3-2-4-6-18)14-22-24(30)28(25(31)34-22)19-10-8-17(26)9-11-19/h2-14H,15H2,1H3,(H,27,29)/b22-14+. The number of imide groups is 1. The van der Waals surface area contributed by atoms with Crippen LogP contribution in [0.3, 0.4) is 0 Å². The first-order chi connectivity index (χ1) is 16.4. The van der Waals surface area contributed by atoms with Crippen molar-refractivity contribution in [2.75, 3.05) is 23.9 Å². The van der Waals surface area contributed by atoms with E-state index >= 15 is 0 Å². The number of hydrogen-bond donors (Lipinski definition) is 1. The zero-order valence-corrected chi connectivity index (χ0v) is 19.6. The van der Waals surface area contributed by atoms with Gasteiger partial charge in [0.1, 0.15) is 0 Å². The van der Waals surface area contributed by atoms with Crippen molar-refractivity contribution in [3.8, 4) is 11.5 Å². The average molecular weight is 495 g/mol. The molecule has 4 rings (SSSR count). The van der Waals surface area contributed by atoms with E-state index in [-0.39, 0.29) is 17.4 Å². The van der Waals surface area contributed by atoms with Gasteiger partial charge in [0, 0.05) is 10.7 Å². The lowest BCUT2D eigenvalue weighted by Gasteiger charge is -2.12. The van der Waals surface area contributed by atoms with Crippen molar-refractivity contribution < 1.29 is 23.9 Å². The normalized spacial score (nSPS) is 14.4. The number of hydrogen-bond acceptors (Lipinski definition) is 6. The van der Waals surface area contributed by atoms with Gasteiger partial charge in [0.25, 0.3) is 17.1 Å². The Labute approximate surface area is 205 Å². The number of carbonyl (C=O) groups excluding carboxylic acids is 3. The number of halogens is 1. The smallest absolute Gasteiger partial charge is 0.298 e.